The molecule has 20 heavy (non-hydrogen) atoms. The summed E-state index contributed by atoms with van der Waals surface area (Å²) < 4.78 is 7.75. The van der Waals surface area contributed by atoms with Gasteiger partial charge in [-0.05, 0) is 31.9 Å². The average Bonchev–Trinajstić information content (AvgIpc) is 2.75. The van der Waals surface area contributed by atoms with Crippen LogP contribution in [0.1, 0.15) is 30.8 Å². The highest BCUT2D eigenvalue weighted by molar-refractivity contribution is 6.31. The van der Waals surface area contributed by atoms with Crippen molar-refractivity contribution in [3.05, 3.63) is 40.2 Å². The molecule has 0 aliphatic carbocycles. The molecule has 0 aliphatic rings. The molecule has 2 rings (SSSR count). The highest BCUT2D eigenvalue weighted by atomic mass is 35.5. The summed E-state index contributed by atoms with van der Waals surface area (Å²) >= 11 is 6.36. The first-order valence-electron chi connectivity index (χ1n) is 6.79. The van der Waals surface area contributed by atoms with Crippen LogP contribution < -0.4 is 10.5 Å². The molecule has 0 unspecified atom stereocenters. The second kappa shape index (κ2) is 6.18. The number of hydrogen-bond acceptors (Lipinski definition) is 3. The number of nitrogen functional groups attached to an aromatic ring is 1. The van der Waals surface area contributed by atoms with Gasteiger partial charge in [-0.25, -0.2) is 0 Å². The van der Waals surface area contributed by atoms with Gasteiger partial charge in [0.15, 0.2) is 0 Å². The predicted octanol–water partition coefficient (Wildman–Crippen LogP) is 3.59. The lowest BCUT2D eigenvalue weighted by Gasteiger charge is -2.11. The van der Waals surface area contributed by atoms with Crippen LogP contribution in [-0.4, -0.2) is 9.78 Å². The Balaban J connectivity index is 2.22. The monoisotopic (exact) mass is 293 g/mol. The van der Waals surface area contributed by atoms with Crippen LogP contribution in [0.3, 0.4) is 0 Å². The average molecular weight is 294 g/mol. The number of rotatable bonds is 5. The quantitative estimate of drug-likeness (QED) is 0.857. The van der Waals surface area contributed by atoms with Gasteiger partial charge in [0.05, 0.1) is 16.4 Å². The van der Waals surface area contributed by atoms with E-state index in [0.29, 0.717) is 17.3 Å². The van der Waals surface area contributed by atoms with Crippen LogP contribution in [0.15, 0.2) is 18.2 Å². The largest absolute Gasteiger partial charge is 0.487 e. The standard InChI is InChI=1S/C15H20ClN3O/c1-4-12-15(16)13(19(5-2)18-12)9-20-14-8-11(17)7-6-10(14)3/h6-8H,4-5,9,17H2,1-3H3. The Morgan fingerprint density at radius 2 is 2.10 bits per heavy atom. The lowest BCUT2D eigenvalue weighted by molar-refractivity contribution is 0.291. The van der Waals surface area contributed by atoms with Crippen LogP contribution in [0.2, 0.25) is 5.02 Å². The fourth-order valence-corrected chi connectivity index (χ4v) is 2.40. The molecule has 0 spiro atoms. The molecule has 0 amide bonds. The zero-order valence-electron chi connectivity index (χ0n) is 12.1. The summed E-state index contributed by atoms with van der Waals surface area (Å²) in [6, 6.07) is 5.64. The summed E-state index contributed by atoms with van der Waals surface area (Å²) in [7, 11) is 0. The Labute approximate surface area is 124 Å². The van der Waals surface area contributed by atoms with Crippen LogP contribution >= 0.6 is 11.6 Å². The number of hydrogen-bond donors (Lipinski definition) is 1. The van der Waals surface area contributed by atoms with Crippen molar-refractivity contribution in [2.24, 2.45) is 0 Å². The fraction of sp³-hybridized carbons (Fsp3) is 0.400. The molecule has 5 heteroatoms. The zero-order valence-corrected chi connectivity index (χ0v) is 12.9. The smallest absolute Gasteiger partial charge is 0.131 e. The van der Waals surface area contributed by atoms with Gasteiger partial charge in [0.2, 0.25) is 0 Å². The molecule has 108 valence electrons. The highest BCUT2D eigenvalue weighted by Crippen LogP contribution is 2.26. The van der Waals surface area contributed by atoms with E-state index in [9.17, 15) is 0 Å². The van der Waals surface area contributed by atoms with Gasteiger partial charge >= 0.3 is 0 Å². The molecule has 0 radical (unpaired) electrons. The van der Waals surface area contributed by atoms with Crippen molar-refractivity contribution in [1.29, 1.82) is 0 Å². The van der Waals surface area contributed by atoms with E-state index in [1.54, 1.807) is 0 Å². The van der Waals surface area contributed by atoms with Crippen molar-refractivity contribution < 1.29 is 4.74 Å². The minimum Gasteiger partial charge on any atom is -0.487 e. The van der Waals surface area contributed by atoms with E-state index >= 15 is 0 Å². The number of benzene rings is 1. The molecule has 0 saturated heterocycles. The second-order valence-corrected chi connectivity index (χ2v) is 5.07. The number of ether oxygens (including phenoxy) is 1. The molecular weight excluding hydrogens is 274 g/mol. The first-order chi connectivity index (χ1) is 9.56. The third-order valence-electron chi connectivity index (χ3n) is 3.27. The molecular formula is C15H20ClN3O. The first-order valence-corrected chi connectivity index (χ1v) is 7.17. The van der Waals surface area contributed by atoms with Gasteiger partial charge in [0, 0.05) is 18.3 Å². The van der Waals surface area contributed by atoms with Crippen LogP contribution in [0.25, 0.3) is 0 Å². The number of anilines is 1. The molecule has 0 fully saturated rings. The van der Waals surface area contributed by atoms with E-state index in [4.69, 9.17) is 22.1 Å². The van der Waals surface area contributed by atoms with Crippen LogP contribution in [0.4, 0.5) is 5.69 Å². The van der Waals surface area contributed by atoms with Crippen molar-refractivity contribution >= 4 is 17.3 Å². The summed E-state index contributed by atoms with van der Waals surface area (Å²) in [5, 5.41) is 5.18. The SMILES string of the molecule is CCc1nn(CC)c(COc2cc(N)ccc2C)c1Cl. The van der Waals surface area contributed by atoms with Gasteiger partial charge in [0.25, 0.3) is 0 Å². The molecule has 2 aromatic rings. The summed E-state index contributed by atoms with van der Waals surface area (Å²) in [6.45, 7) is 7.24. The van der Waals surface area contributed by atoms with E-state index in [1.807, 2.05) is 43.7 Å². The number of halogens is 1. The Bertz CT molecular complexity index is 607. The number of nitrogens with zero attached hydrogens (tertiary/aromatic N) is 2. The highest BCUT2D eigenvalue weighted by Gasteiger charge is 2.15. The van der Waals surface area contributed by atoms with Crippen molar-refractivity contribution in [3.63, 3.8) is 0 Å². The molecule has 1 aromatic heterocycles. The lowest BCUT2D eigenvalue weighted by atomic mass is 10.2. The van der Waals surface area contributed by atoms with Gasteiger partial charge in [-0.2, -0.15) is 5.10 Å². The van der Waals surface area contributed by atoms with Crippen molar-refractivity contribution in [1.82, 2.24) is 9.78 Å². The molecule has 4 nitrogen and oxygen atoms in total. The van der Waals surface area contributed by atoms with Gasteiger partial charge < -0.3 is 10.5 Å². The van der Waals surface area contributed by atoms with E-state index in [-0.39, 0.29) is 0 Å². The maximum Gasteiger partial charge on any atom is 0.131 e. The predicted molar refractivity (Wildman–Crippen MR) is 82.2 cm³/mol. The summed E-state index contributed by atoms with van der Waals surface area (Å²) in [5.41, 5.74) is 9.35. The molecule has 0 aliphatic heterocycles. The zero-order chi connectivity index (χ0) is 14.7. The van der Waals surface area contributed by atoms with E-state index in [1.165, 1.54) is 0 Å². The Kier molecular flexibility index (Phi) is 4.55. The molecule has 0 saturated carbocycles. The fourth-order valence-electron chi connectivity index (χ4n) is 2.07. The number of aromatic nitrogens is 2. The van der Waals surface area contributed by atoms with Crippen LogP contribution in [0, 0.1) is 6.92 Å². The Morgan fingerprint density at radius 1 is 1.35 bits per heavy atom. The Morgan fingerprint density at radius 3 is 2.75 bits per heavy atom. The maximum absolute atomic E-state index is 6.36. The summed E-state index contributed by atoms with van der Waals surface area (Å²) in [6.07, 6.45) is 0.816. The van der Waals surface area contributed by atoms with Gasteiger partial charge in [-0.15, -0.1) is 0 Å². The Hall–Kier alpha value is -1.68. The van der Waals surface area contributed by atoms with E-state index < -0.39 is 0 Å². The normalized spacial score (nSPS) is 10.8. The van der Waals surface area contributed by atoms with Gasteiger partial charge in [-0.3, -0.25) is 4.68 Å². The lowest BCUT2D eigenvalue weighted by Crippen LogP contribution is -2.07. The third kappa shape index (κ3) is 2.90. The third-order valence-corrected chi connectivity index (χ3v) is 3.71. The van der Waals surface area contributed by atoms with E-state index in [0.717, 1.165) is 35.7 Å². The van der Waals surface area contributed by atoms with Crippen LogP contribution in [0.5, 0.6) is 5.75 Å². The van der Waals surface area contributed by atoms with Crippen molar-refractivity contribution in [2.45, 2.75) is 40.3 Å². The van der Waals surface area contributed by atoms with Crippen molar-refractivity contribution in [3.8, 4) is 5.75 Å². The second-order valence-electron chi connectivity index (χ2n) is 4.69. The molecule has 2 N–H and O–H groups in total. The van der Waals surface area contributed by atoms with Crippen LogP contribution in [-0.2, 0) is 19.6 Å². The number of aryl methyl sites for hydroxylation is 3. The van der Waals surface area contributed by atoms with Gasteiger partial charge in [-0.1, -0.05) is 24.6 Å². The summed E-state index contributed by atoms with van der Waals surface area (Å²) in [4.78, 5) is 0. The molecule has 0 atom stereocenters. The van der Waals surface area contributed by atoms with E-state index in [2.05, 4.69) is 5.10 Å². The molecule has 1 heterocycles. The minimum absolute atomic E-state index is 0.393. The minimum atomic E-state index is 0.393. The van der Waals surface area contributed by atoms with Gasteiger partial charge in [0.1, 0.15) is 12.4 Å². The topological polar surface area (TPSA) is 53.1 Å². The molecule has 0 bridgehead atoms. The maximum atomic E-state index is 6.36. The first kappa shape index (κ1) is 14.7. The number of nitrogens with two attached hydrogens (primary N) is 1. The summed E-state index contributed by atoms with van der Waals surface area (Å²) in [5.74, 6) is 0.781. The molecule has 1 aromatic carbocycles. The van der Waals surface area contributed by atoms with Crippen molar-refractivity contribution in [2.75, 3.05) is 5.73 Å².